The molecule has 1 aromatic heterocycles. The number of carbonyl (C=O) groups is 1. The molecule has 1 heterocycles. The van der Waals surface area contributed by atoms with E-state index in [1.807, 2.05) is 42.6 Å². The second kappa shape index (κ2) is 4.59. The third-order valence-corrected chi connectivity index (χ3v) is 3.11. The number of amides is 1. The fourth-order valence-corrected chi connectivity index (χ4v) is 2.15. The van der Waals surface area contributed by atoms with Crippen LogP contribution < -0.4 is 5.48 Å². The third-order valence-electron chi connectivity index (χ3n) is 3.11. The minimum absolute atomic E-state index is 0.419. The summed E-state index contributed by atoms with van der Waals surface area (Å²) in [5.41, 5.74) is 4.12. The summed E-state index contributed by atoms with van der Waals surface area (Å²) < 4.78 is 2.05. The first kappa shape index (κ1) is 11.5. The highest BCUT2D eigenvalue weighted by atomic mass is 16.5. The Morgan fingerprint density at radius 1 is 1.00 bits per heavy atom. The van der Waals surface area contributed by atoms with E-state index in [1.165, 1.54) is 5.39 Å². The molecular formula is C15H12N2O2. The standard InChI is InChI=1S/C15H12N2O2/c18-15(16-19)12-5-7-13(8-6-12)17-10-9-11-3-1-2-4-14(11)17/h1-10,19H,(H,16,18). The number of hydroxylamine groups is 1. The first-order valence-corrected chi connectivity index (χ1v) is 5.90. The minimum Gasteiger partial charge on any atom is -0.317 e. The van der Waals surface area contributed by atoms with E-state index in [0.717, 1.165) is 11.2 Å². The lowest BCUT2D eigenvalue weighted by Gasteiger charge is -2.06. The van der Waals surface area contributed by atoms with E-state index in [0.29, 0.717) is 5.56 Å². The van der Waals surface area contributed by atoms with Gasteiger partial charge < -0.3 is 4.57 Å². The highest BCUT2D eigenvalue weighted by Crippen LogP contribution is 2.20. The van der Waals surface area contributed by atoms with Crippen molar-refractivity contribution in [2.24, 2.45) is 0 Å². The quantitative estimate of drug-likeness (QED) is 0.544. The molecule has 4 heteroatoms. The maximum absolute atomic E-state index is 11.3. The summed E-state index contributed by atoms with van der Waals surface area (Å²) in [7, 11) is 0. The molecule has 19 heavy (non-hydrogen) atoms. The van der Waals surface area contributed by atoms with E-state index in [4.69, 9.17) is 5.21 Å². The number of rotatable bonds is 2. The van der Waals surface area contributed by atoms with Gasteiger partial charge in [-0.05, 0) is 41.8 Å². The molecule has 2 aromatic carbocycles. The average Bonchev–Trinajstić information content (AvgIpc) is 2.90. The zero-order chi connectivity index (χ0) is 13.2. The van der Waals surface area contributed by atoms with Crippen molar-refractivity contribution in [3.05, 3.63) is 66.4 Å². The maximum Gasteiger partial charge on any atom is 0.274 e. The van der Waals surface area contributed by atoms with Crippen molar-refractivity contribution < 1.29 is 10.0 Å². The Morgan fingerprint density at radius 2 is 1.74 bits per heavy atom. The molecule has 0 aliphatic heterocycles. The van der Waals surface area contributed by atoms with E-state index in [-0.39, 0.29) is 0 Å². The molecule has 94 valence electrons. The molecule has 2 N–H and O–H groups in total. The number of benzene rings is 2. The molecule has 0 fully saturated rings. The van der Waals surface area contributed by atoms with Crippen molar-refractivity contribution in [1.82, 2.24) is 10.0 Å². The SMILES string of the molecule is O=C(NO)c1ccc(-n2ccc3ccccc32)cc1. The molecule has 1 amide bonds. The zero-order valence-corrected chi connectivity index (χ0v) is 10.1. The number of hydrogen-bond acceptors (Lipinski definition) is 2. The maximum atomic E-state index is 11.3. The summed E-state index contributed by atoms with van der Waals surface area (Å²) in [6, 6.07) is 17.2. The van der Waals surface area contributed by atoms with E-state index in [2.05, 4.69) is 10.6 Å². The highest BCUT2D eigenvalue weighted by molar-refractivity contribution is 5.93. The Hall–Kier alpha value is -2.59. The number of nitrogens with zero attached hydrogens (tertiary/aromatic N) is 1. The van der Waals surface area contributed by atoms with Crippen molar-refractivity contribution >= 4 is 16.8 Å². The van der Waals surface area contributed by atoms with Crippen LogP contribution in [0.3, 0.4) is 0 Å². The summed E-state index contributed by atoms with van der Waals surface area (Å²) in [4.78, 5) is 11.3. The number of hydrogen-bond donors (Lipinski definition) is 2. The molecule has 3 rings (SSSR count). The van der Waals surface area contributed by atoms with Gasteiger partial charge in [-0.15, -0.1) is 0 Å². The molecule has 0 spiro atoms. The number of aromatic nitrogens is 1. The van der Waals surface area contributed by atoms with Crippen LogP contribution in [0.4, 0.5) is 0 Å². The van der Waals surface area contributed by atoms with Crippen LogP contribution in [-0.4, -0.2) is 15.7 Å². The van der Waals surface area contributed by atoms with Crippen molar-refractivity contribution in [2.75, 3.05) is 0 Å². The van der Waals surface area contributed by atoms with Crippen molar-refractivity contribution in [1.29, 1.82) is 0 Å². The van der Waals surface area contributed by atoms with Gasteiger partial charge in [-0.2, -0.15) is 0 Å². The average molecular weight is 252 g/mol. The van der Waals surface area contributed by atoms with Crippen LogP contribution in [0.25, 0.3) is 16.6 Å². The van der Waals surface area contributed by atoms with Crippen LogP contribution in [0.2, 0.25) is 0 Å². The Morgan fingerprint density at radius 3 is 2.47 bits per heavy atom. The topological polar surface area (TPSA) is 54.3 Å². The van der Waals surface area contributed by atoms with Crippen LogP contribution in [0, 0.1) is 0 Å². The molecule has 0 aliphatic rings. The smallest absolute Gasteiger partial charge is 0.274 e. The number of fused-ring (bicyclic) bond motifs is 1. The largest absolute Gasteiger partial charge is 0.317 e. The van der Waals surface area contributed by atoms with Crippen molar-refractivity contribution in [2.45, 2.75) is 0 Å². The summed E-state index contributed by atoms with van der Waals surface area (Å²) >= 11 is 0. The molecule has 0 atom stereocenters. The van der Waals surface area contributed by atoms with Gasteiger partial charge in [0, 0.05) is 17.4 Å². The first-order chi connectivity index (χ1) is 9.29. The lowest BCUT2D eigenvalue weighted by Crippen LogP contribution is -2.18. The van der Waals surface area contributed by atoms with E-state index in [9.17, 15) is 4.79 Å². The van der Waals surface area contributed by atoms with Crippen LogP contribution >= 0.6 is 0 Å². The van der Waals surface area contributed by atoms with Crippen LogP contribution in [0.15, 0.2) is 60.8 Å². The van der Waals surface area contributed by atoms with Crippen LogP contribution in [0.5, 0.6) is 0 Å². The summed E-state index contributed by atoms with van der Waals surface area (Å²) in [6.07, 6.45) is 1.99. The lowest BCUT2D eigenvalue weighted by molar-refractivity contribution is 0.0706. The van der Waals surface area contributed by atoms with Crippen LogP contribution in [0.1, 0.15) is 10.4 Å². The Bertz CT molecular complexity index is 729. The normalized spacial score (nSPS) is 10.6. The minimum atomic E-state index is -0.510. The summed E-state index contributed by atoms with van der Waals surface area (Å²) in [5, 5.41) is 9.74. The summed E-state index contributed by atoms with van der Waals surface area (Å²) in [6.45, 7) is 0. The van der Waals surface area contributed by atoms with E-state index < -0.39 is 5.91 Å². The molecule has 0 saturated heterocycles. The van der Waals surface area contributed by atoms with Crippen molar-refractivity contribution in [3.8, 4) is 5.69 Å². The number of nitrogens with one attached hydrogen (secondary N) is 1. The van der Waals surface area contributed by atoms with Gasteiger partial charge in [-0.1, -0.05) is 18.2 Å². The van der Waals surface area contributed by atoms with Gasteiger partial charge >= 0.3 is 0 Å². The molecule has 0 bridgehead atoms. The molecule has 0 radical (unpaired) electrons. The zero-order valence-electron chi connectivity index (χ0n) is 10.1. The lowest BCUT2D eigenvalue weighted by atomic mass is 10.2. The fraction of sp³-hybridized carbons (Fsp3) is 0. The van der Waals surface area contributed by atoms with Gasteiger partial charge in [-0.3, -0.25) is 10.0 Å². The first-order valence-electron chi connectivity index (χ1n) is 5.90. The van der Waals surface area contributed by atoms with E-state index >= 15 is 0 Å². The van der Waals surface area contributed by atoms with Gasteiger partial charge in [0.05, 0.1) is 5.52 Å². The van der Waals surface area contributed by atoms with Gasteiger partial charge in [0.1, 0.15) is 0 Å². The van der Waals surface area contributed by atoms with Gasteiger partial charge in [0.15, 0.2) is 0 Å². The Balaban J connectivity index is 2.05. The van der Waals surface area contributed by atoms with Gasteiger partial charge in [0.25, 0.3) is 5.91 Å². The molecule has 0 unspecified atom stereocenters. The molecule has 0 saturated carbocycles. The molecule has 3 aromatic rings. The molecule has 4 nitrogen and oxygen atoms in total. The predicted molar refractivity (Wildman–Crippen MR) is 72.5 cm³/mol. The highest BCUT2D eigenvalue weighted by Gasteiger charge is 2.05. The number of para-hydroxylation sites is 1. The number of carbonyl (C=O) groups excluding carboxylic acids is 1. The summed E-state index contributed by atoms with van der Waals surface area (Å²) in [5.74, 6) is -0.510. The van der Waals surface area contributed by atoms with Gasteiger partial charge in [-0.25, -0.2) is 5.48 Å². The monoisotopic (exact) mass is 252 g/mol. The second-order valence-electron chi connectivity index (χ2n) is 4.23. The van der Waals surface area contributed by atoms with Crippen molar-refractivity contribution in [3.63, 3.8) is 0 Å². The fourth-order valence-electron chi connectivity index (χ4n) is 2.15. The Labute approximate surface area is 109 Å². The van der Waals surface area contributed by atoms with E-state index in [1.54, 1.807) is 17.6 Å². The third kappa shape index (κ3) is 1.98. The molecule has 0 aliphatic carbocycles. The molecular weight excluding hydrogens is 240 g/mol. The Kier molecular flexibility index (Phi) is 2.78. The van der Waals surface area contributed by atoms with Crippen LogP contribution in [-0.2, 0) is 0 Å². The predicted octanol–water partition coefficient (Wildman–Crippen LogP) is 2.75. The van der Waals surface area contributed by atoms with Gasteiger partial charge in [0.2, 0.25) is 0 Å². The second-order valence-corrected chi connectivity index (χ2v) is 4.23.